The van der Waals surface area contributed by atoms with Crippen molar-refractivity contribution in [3.63, 3.8) is 0 Å². The number of methoxy groups -OCH3 is 2. The van der Waals surface area contributed by atoms with Gasteiger partial charge in [-0.3, -0.25) is 0 Å². The van der Waals surface area contributed by atoms with Crippen molar-refractivity contribution in [3.8, 4) is 11.5 Å². The molecule has 0 spiro atoms. The molecule has 19 heavy (non-hydrogen) atoms. The molecule has 1 aromatic rings. The molecule has 4 nitrogen and oxygen atoms in total. The van der Waals surface area contributed by atoms with Crippen LogP contribution in [0.3, 0.4) is 0 Å². The fraction of sp³-hybridized carbons (Fsp3) is 0.571. The van der Waals surface area contributed by atoms with Gasteiger partial charge in [0.25, 0.3) is 0 Å². The fourth-order valence-electron chi connectivity index (χ4n) is 2.50. The lowest BCUT2D eigenvalue weighted by molar-refractivity contribution is 0.320. The first-order valence-electron chi connectivity index (χ1n) is 6.44. The number of hydrogen-bond acceptors (Lipinski definition) is 4. The normalized spacial score (nSPS) is 17.4. The Hall–Kier alpha value is -0.970. The predicted molar refractivity (Wildman–Crippen MR) is 79.3 cm³/mol. The summed E-state index contributed by atoms with van der Waals surface area (Å²) in [5, 5.41) is 3.36. The van der Waals surface area contributed by atoms with Crippen LogP contribution in [-0.2, 0) is 0 Å². The molecular formula is C14H23ClN2O2. The molecule has 0 bridgehead atoms. The molecule has 1 aliphatic heterocycles. The smallest absolute Gasteiger partial charge is 0.122 e. The van der Waals surface area contributed by atoms with Crippen molar-refractivity contribution in [2.75, 3.05) is 27.3 Å². The van der Waals surface area contributed by atoms with Crippen LogP contribution in [0.15, 0.2) is 18.2 Å². The number of nitrogens with one attached hydrogen (secondary N) is 1. The molecule has 1 aromatic carbocycles. The standard InChI is InChI=1S/C14H22N2O2.ClH/c1-17-12-7-11(8-13(9-12)18-2)14(15)10-3-5-16-6-4-10;/h7-10,14,16H,3-6,15H2,1-2H3;1H/t14-;/m1./s1. The van der Waals surface area contributed by atoms with Crippen molar-refractivity contribution >= 4 is 12.4 Å². The topological polar surface area (TPSA) is 56.5 Å². The van der Waals surface area contributed by atoms with E-state index in [1.165, 1.54) is 0 Å². The molecule has 5 heteroatoms. The van der Waals surface area contributed by atoms with Gasteiger partial charge in [-0.15, -0.1) is 12.4 Å². The van der Waals surface area contributed by atoms with Crippen LogP contribution in [0, 0.1) is 5.92 Å². The van der Waals surface area contributed by atoms with Crippen LogP contribution >= 0.6 is 12.4 Å². The largest absolute Gasteiger partial charge is 0.497 e. The molecule has 0 saturated carbocycles. The Labute approximate surface area is 121 Å². The lowest BCUT2D eigenvalue weighted by atomic mass is 9.86. The van der Waals surface area contributed by atoms with Crippen LogP contribution < -0.4 is 20.5 Å². The van der Waals surface area contributed by atoms with Gasteiger partial charge in [0.15, 0.2) is 0 Å². The SMILES string of the molecule is COc1cc(OC)cc([C@H](N)C2CCNCC2)c1.Cl. The van der Waals surface area contributed by atoms with Crippen LogP contribution in [0.1, 0.15) is 24.4 Å². The number of halogens is 1. The number of hydrogen-bond donors (Lipinski definition) is 2. The quantitative estimate of drug-likeness (QED) is 0.890. The first-order chi connectivity index (χ1) is 8.74. The molecule has 1 aliphatic rings. The molecule has 0 aliphatic carbocycles. The van der Waals surface area contributed by atoms with E-state index in [1.54, 1.807) is 14.2 Å². The van der Waals surface area contributed by atoms with Gasteiger partial charge in [-0.2, -0.15) is 0 Å². The average molecular weight is 287 g/mol. The van der Waals surface area contributed by atoms with Crippen molar-refractivity contribution < 1.29 is 9.47 Å². The van der Waals surface area contributed by atoms with E-state index in [0.717, 1.165) is 43.0 Å². The summed E-state index contributed by atoms with van der Waals surface area (Å²) in [6.07, 6.45) is 2.25. The van der Waals surface area contributed by atoms with Gasteiger partial charge >= 0.3 is 0 Å². The second-order valence-corrected chi connectivity index (χ2v) is 4.76. The van der Waals surface area contributed by atoms with Crippen LogP contribution in [0.25, 0.3) is 0 Å². The Bertz CT molecular complexity index is 373. The van der Waals surface area contributed by atoms with E-state index in [2.05, 4.69) is 5.32 Å². The maximum Gasteiger partial charge on any atom is 0.122 e. The summed E-state index contributed by atoms with van der Waals surface area (Å²) >= 11 is 0. The van der Waals surface area contributed by atoms with E-state index in [-0.39, 0.29) is 18.4 Å². The number of ether oxygens (including phenoxy) is 2. The molecule has 0 amide bonds. The molecule has 1 saturated heterocycles. The molecule has 0 unspecified atom stereocenters. The third kappa shape index (κ3) is 4.00. The Morgan fingerprint density at radius 3 is 2.11 bits per heavy atom. The van der Waals surface area contributed by atoms with E-state index in [1.807, 2.05) is 18.2 Å². The van der Waals surface area contributed by atoms with Crippen LogP contribution in [-0.4, -0.2) is 27.3 Å². The highest BCUT2D eigenvalue weighted by molar-refractivity contribution is 5.85. The zero-order valence-electron chi connectivity index (χ0n) is 11.5. The van der Waals surface area contributed by atoms with Gasteiger partial charge in [0.2, 0.25) is 0 Å². The molecule has 1 heterocycles. The molecule has 1 fully saturated rings. The molecule has 1 atom stereocenters. The molecule has 2 rings (SSSR count). The minimum atomic E-state index is 0. The monoisotopic (exact) mass is 286 g/mol. The third-order valence-electron chi connectivity index (χ3n) is 3.65. The summed E-state index contributed by atoms with van der Waals surface area (Å²) in [5.41, 5.74) is 7.47. The highest BCUT2D eigenvalue weighted by Crippen LogP contribution is 2.31. The third-order valence-corrected chi connectivity index (χ3v) is 3.65. The maximum absolute atomic E-state index is 6.38. The summed E-state index contributed by atoms with van der Waals surface area (Å²) in [5.74, 6) is 2.13. The molecule has 0 radical (unpaired) electrons. The summed E-state index contributed by atoms with van der Waals surface area (Å²) in [7, 11) is 3.32. The van der Waals surface area contributed by atoms with Crippen molar-refractivity contribution in [2.45, 2.75) is 18.9 Å². The van der Waals surface area contributed by atoms with Gasteiger partial charge in [-0.05, 0) is 49.5 Å². The second kappa shape index (κ2) is 7.58. The van der Waals surface area contributed by atoms with Gasteiger partial charge in [0.1, 0.15) is 11.5 Å². The number of piperidine rings is 1. The summed E-state index contributed by atoms with van der Waals surface area (Å²) in [4.78, 5) is 0. The number of rotatable bonds is 4. The van der Waals surface area contributed by atoms with Gasteiger partial charge < -0.3 is 20.5 Å². The zero-order valence-corrected chi connectivity index (χ0v) is 12.3. The van der Waals surface area contributed by atoms with Crippen molar-refractivity contribution in [3.05, 3.63) is 23.8 Å². The second-order valence-electron chi connectivity index (χ2n) is 4.76. The highest BCUT2D eigenvalue weighted by atomic mass is 35.5. The van der Waals surface area contributed by atoms with Crippen LogP contribution in [0.5, 0.6) is 11.5 Å². The molecule has 108 valence electrons. The maximum atomic E-state index is 6.38. The highest BCUT2D eigenvalue weighted by Gasteiger charge is 2.22. The van der Waals surface area contributed by atoms with E-state index in [4.69, 9.17) is 15.2 Å². The predicted octanol–water partition coefficient (Wildman–Crippen LogP) is 2.13. The van der Waals surface area contributed by atoms with E-state index in [0.29, 0.717) is 5.92 Å². The van der Waals surface area contributed by atoms with E-state index < -0.39 is 0 Å². The summed E-state index contributed by atoms with van der Waals surface area (Å²) in [6.45, 7) is 2.11. The van der Waals surface area contributed by atoms with Crippen molar-refractivity contribution in [1.82, 2.24) is 5.32 Å². The first-order valence-corrected chi connectivity index (χ1v) is 6.44. The first kappa shape index (κ1) is 16.1. The van der Waals surface area contributed by atoms with Gasteiger partial charge in [-0.25, -0.2) is 0 Å². The van der Waals surface area contributed by atoms with E-state index in [9.17, 15) is 0 Å². The minimum Gasteiger partial charge on any atom is -0.497 e. The summed E-state index contributed by atoms with van der Waals surface area (Å²) in [6, 6.07) is 5.94. The zero-order chi connectivity index (χ0) is 13.0. The van der Waals surface area contributed by atoms with Crippen LogP contribution in [0.4, 0.5) is 0 Å². The van der Waals surface area contributed by atoms with Crippen LogP contribution in [0.2, 0.25) is 0 Å². The molecular weight excluding hydrogens is 264 g/mol. The molecule has 0 aromatic heterocycles. The Balaban J connectivity index is 0.00000180. The Morgan fingerprint density at radius 1 is 1.11 bits per heavy atom. The number of nitrogens with two attached hydrogens (primary N) is 1. The summed E-state index contributed by atoms with van der Waals surface area (Å²) < 4.78 is 10.6. The van der Waals surface area contributed by atoms with Gasteiger partial charge in [0.05, 0.1) is 14.2 Å². The Morgan fingerprint density at radius 2 is 1.63 bits per heavy atom. The molecule has 3 N–H and O–H groups in total. The average Bonchev–Trinajstić information content (AvgIpc) is 2.46. The van der Waals surface area contributed by atoms with Gasteiger partial charge in [0, 0.05) is 12.1 Å². The lowest BCUT2D eigenvalue weighted by Gasteiger charge is -2.28. The lowest BCUT2D eigenvalue weighted by Crippen LogP contribution is -2.33. The van der Waals surface area contributed by atoms with Crippen molar-refractivity contribution in [2.24, 2.45) is 11.7 Å². The van der Waals surface area contributed by atoms with E-state index >= 15 is 0 Å². The fourth-order valence-corrected chi connectivity index (χ4v) is 2.50. The minimum absolute atomic E-state index is 0. The van der Waals surface area contributed by atoms with Crippen molar-refractivity contribution in [1.29, 1.82) is 0 Å². The van der Waals surface area contributed by atoms with Gasteiger partial charge in [-0.1, -0.05) is 0 Å². The number of benzene rings is 1. The Kier molecular flexibility index (Phi) is 6.42.